The van der Waals surface area contributed by atoms with Crippen LogP contribution in [0, 0.1) is 0 Å². The van der Waals surface area contributed by atoms with E-state index in [0.29, 0.717) is 10.1 Å². The van der Waals surface area contributed by atoms with Gasteiger partial charge in [0.15, 0.2) is 0 Å². The monoisotopic (exact) mass is 456 g/mol. The molecule has 0 aromatic heterocycles. The fourth-order valence-electron chi connectivity index (χ4n) is 3.35. The number of ether oxygens (including phenoxy) is 1. The Labute approximate surface area is 199 Å². The molecule has 0 spiro atoms. The summed E-state index contributed by atoms with van der Waals surface area (Å²) < 4.78 is 6.04. The molecule has 3 heteroatoms. The lowest BCUT2D eigenvalue weighted by Gasteiger charge is -2.14. The van der Waals surface area contributed by atoms with Crippen LogP contribution in [0.3, 0.4) is 0 Å². The van der Waals surface area contributed by atoms with Crippen LogP contribution in [0.4, 0.5) is 0 Å². The van der Waals surface area contributed by atoms with E-state index in [1.165, 1.54) is 0 Å². The second-order valence-electron chi connectivity index (χ2n) is 7.27. The van der Waals surface area contributed by atoms with Crippen LogP contribution >= 0.6 is 23.2 Å². The summed E-state index contributed by atoms with van der Waals surface area (Å²) in [4.78, 5) is 0. The van der Waals surface area contributed by atoms with Gasteiger partial charge in [0.1, 0.15) is 11.5 Å². The average molecular weight is 457 g/mol. The summed E-state index contributed by atoms with van der Waals surface area (Å²) in [6.07, 6.45) is 4.04. The van der Waals surface area contributed by atoms with Gasteiger partial charge in [0, 0.05) is 16.0 Å². The second kappa shape index (κ2) is 10.9. The first-order chi connectivity index (χ1) is 15.7. The molecule has 0 aliphatic rings. The van der Waals surface area contributed by atoms with Crippen LogP contribution in [0.5, 0.6) is 11.5 Å². The maximum absolute atomic E-state index is 6.71. The quantitative estimate of drug-likeness (QED) is 0.269. The number of para-hydroxylation sites is 1. The molecule has 0 saturated carbocycles. The Balaban J connectivity index is 1.71. The normalized spacial score (nSPS) is 12.9. The van der Waals surface area contributed by atoms with Gasteiger partial charge >= 0.3 is 0 Å². The van der Waals surface area contributed by atoms with Gasteiger partial charge < -0.3 is 4.74 Å². The Morgan fingerprint density at radius 2 is 1.03 bits per heavy atom. The maximum atomic E-state index is 6.71. The highest BCUT2D eigenvalue weighted by Gasteiger charge is 2.12. The molecule has 4 rings (SSSR count). The Hall–Kier alpha value is -3.26. The highest BCUT2D eigenvalue weighted by Crippen LogP contribution is 2.33. The Bertz CT molecular complexity index is 1140. The smallest absolute Gasteiger partial charge is 0.127 e. The molecule has 0 aliphatic carbocycles. The number of allylic oxidation sites excluding steroid dienone is 2. The number of rotatable bonds is 7. The van der Waals surface area contributed by atoms with Crippen molar-refractivity contribution >= 4 is 33.3 Å². The topological polar surface area (TPSA) is 9.23 Å². The number of halogens is 2. The third kappa shape index (κ3) is 5.91. The lowest BCUT2D eigenvalue weighted by Crippen LogP contribution is -1.95. The second-order valence-corrected chi connectivity index (χ2v) is 8.09. The fourth-order valence-corrected chi connectivity index (χ4v) is 3.88. The summed E-state index contributed by atoms with van der Waals surface area (Å²) in [5.41, 5.74) is 2.95. The molecule has 4 aromatic rings. The van der Waals surface area contributed by atoms with E-state index in [9.17, 15) is 0 Å². The lowest BCUT2D eigenvalue weighted by atomic mass is 9.96. The van der Waals surface area contributed by atoms with Crippen molar-refractivity contribution in [3.63, 3.8) is 0 Å². The van der Waals surface area contributed by atoms with Crippen LogP contribution in [0.2, 0.25) is 0 Å². The molecule has 0 amide bonds. The predicted molar refractivity (Wildman–Crippen MR) is 136 cm³/mol. The van der Waals surface area contributed by atoms with Crippen LogP contribution in [0.15, 0.2) is 127 Å². The summed E-state index contributed by atoms with van der Waals surface area (Å²) in [7, 11) is 0. The van der Waals surface area contributed by atoms with E-state index in [1.54, 1.807) is 0 Å². The molecule has 0 fully saturated rings. The number of hydrogen-bond donors (Lipinski definition) is 0. The molecule has 4 aromatic carbocycles. The van der Waals surface area contributed by atoms with Gasteiger partial charge in [0.2, 0.25) is 0 Å². The van der Waals surface area contributed by atoms with Gasteiger partial charge in [-0.2, -0.15) is 0 Å². The molecule has 1 nitrogen and oxygen atoms in total. The maximum Gasteiger partial charge on any atom is 0.127 e. The molecule has 1 atom stereocenters. The van der Waals surface area contributed by atoms with E-state index in [4.69, 9.17) is 27.9 Å². The summed E-state index contributed by atoms with van der Waals surface area (Å²) >= 11 is 13.4. The van der Waals surface area contributed by atoms with Gasteiger partial charge in [-0.15, -0.1) is 0 Å². The molecule has 0 heterocycles. The van der Waals surface area contributed by atoms with E-state index < -0.39 is 0 Å². The Kier molecular flexibility index (Phi) is 7.45. The zero-order valence-corrected chi connectivity index (χ0v) is 18.9. The Morgan fingerprint density at radius 1 is 0.562 bits per heavy atom. The number of benzene rings is 4. The highest BCUT2D eigenvalue weighted by atomic mass is 35.5. The van der Waals surface area contributed by atoms with Gasteiger partial charge in [-0.25, -0.2) is 0 Å². The van der Waals surface area contributed by atoms with Gasteiger partial charge in [0.25, 0.3) is 0 Å². The van der Waals surface area contributed by atoms with E-state index in [0.717, 1.165) is 28.2 Å². The van der Waals surface area contributed by atoms with Gasteiger partial charge in [-0.3, -0.25) is 0 Å². The molecule has 0 bridgehead atoms. The van der Waals surface area contributed by atoms with Crippen molar-refractivity contribution in [2.24, 2.45) is 0 Å². The van der Waals surface area contributed by atoms with Crippen molar-refractivity contribution in [2.45, 2.75) is 5.92 Å². The third-order valence-electron chi connectivity index (χ3n) is 4.97. The van der Waals surface area contributed by atoms with Gasteiger partial charge in [-0.1, -0.05) is 126 Å². The van der Waals surface area contributed by atoms with Gasteiger partial charge in [-0.05, 0) is 41.0 Å². The predicted octanol–water partition coefficient (Wildman–Crippen LogP) is 9.12. The van der Waals surface area contributed by atoms with Crippen LogP contribution in [-0.4, -0.2) is 0 Å². The average Bonchev–Trinajstić information content (AvgIpc) is 2.85. The van der Waals surface area contributed by atoms with Crippen molar-refractivity contribution < 1.29 is 4.74 Å². The Morgan fingerprint density at radius 3 is 1.56 bits per heavy atom. The fraction of sp³-hybridized carbons (Fsp3) is 0.0345. The van der Waals surface area contributed by atoms with Crippen molar-refractivity contribution in [3.05, 3.63) is 144 Å². The van der Waals surface area contributed by atoms with E-state index in [2.05, 4.69) is 6.07 Å². The van der Waals surface area contributed by atoms with Gasteiger partial charge in [0.05, 0.1) is 0 Å². The largest absolute Gasteiger partial charge is 0.457 e. The summed E-state index contributed by atoms with van der Waals surface area (Å²) in [5, 5.41) is 1.33. The zero-order valence-electron chi connectivity index (χ0n) is 17.4. The molecule has 0 radical (unpaired) electrons. The molecule has 158 valence electrons. The molecule has 0 N–H and O–H groups in total. The molecule has 32 heavy (non-hydrogen) atoms. The minimum atomic E-state index is -0.144. The van der Waals surface area contributed by atoms with E-state index >= 15 is 0 Å². The van der Waals surface area contributed by atoms with Crippen LogP contribution in [-0.2, 0) is 0 Å². The van der Waals surface area contributed by atoms with Crippen molar-refractivity contribution in [1.29, 1.82) is 0 Å². The van der Waals surface area contributed by atoms with Crippen molar-refractivity contribution in [1.82, 2.24) is 0 Å². The van der Waals surface area contributed by atoms with E-state index in [1.807, 2.05) is 121 Å². The molecular weight excluding hydrogens is 435 g/mol. The molecular formula is C29H22Cl2O. The first-order valence-electron chi connectivity index (χ1n) is 10.4. The van der Waals surface area contributed by atoms with E-state index in [-0.39, 0.29) is 5.92 Å². The third-order valence-corrected chi connectivity index (χ3v) is 5.66. The van der Waals surface area contributed by atoms with Crippen LogP contribution in [0.1, 0.15) is 22.6 Å². The highest BCUT2D eigenvalue weighted by molar-refractivity contribution is 6.49. The standard InChI is InChI=1S/C29H22Cl2O/c30-28(22-11-4-1-5-12-22)20-25(21-29(31)23-13-6-2-7-14-23)24-15-10-18-27(19-24)32-26-16-8-3-9-17-26/h1-21,25H/b28-20-,29-21+. The molecule has 1 unspecified atom stereocenters. The summed E-state index contributed by atoms with van der Waals surface area (Å²) in [6, 6.07) is 37.6. The molecule has 0 saturated heterocycles. The SMILES string of the molecule is Cl/C(=C\C(/C=C(/Cl)c1ccccc1)c1cccc(Oc2ccccc2)c1)c1ccccc1. The van der Waals surface area contributed by atoms with Crippen LogP contribution in [0.25, 0.3) is 10.1 Å². The van der Waals surface area contributed by atoms with Crippen molar-refractivity contribution in [3.8, 4) is 11.5 Å². The van der Waals surface area contributed by atoms with Crippen molar-refractivity contribution in [2.75, 3.05) is 0 Å². The number of hydrogen-bond acceptors (Lipinski definition) is 1. The minimum absolute atomic E-state index is 0.144. The van der Waals surface area contributed by atoms with Crippen LogP contribution < -0.4 is 4.74 Å². The zero-order chi connectivity index (χ0) is 22.2. The minimum Gasteiger partial charge on any atom is -0.457 e. The first-order valence-corrected chi connectivity index (χ1v) is 11.1. The lowest BCUT2D eigenvalue weighted by molar-refractivity contribution is 0.482. The summed E-state index contributed by atoms with van der Waals surface area (Å²) in [5.74, 6) is 1.40. The molecule has 0 aliphatic heterocycles. The summed E-state index contributed by atoms with van der Waals surface area (Å²) in [6.45, 7) is 0. The first kappa shape index (κ1) is 22.0.